The lowest BCUT2D eigenvalue weighted by Gasteiger charge is -2.36. The van der Waals surface area contributed by atoms with E-state index >= 15 is 0 Å². The Morgan fingerprint density at radius 2 is 1.71 bits per heavy atom. The molecule has 0 aromatic heterocycles. The Hall–Kier alpha value is -1.90. The highest BCUT2D eigenvalue weighted by Gasteiger charge is 2.41. The molecule has 1 saturated carbocycles. The lowest BCUT2D eigenvalue weighted by atomic mass is 9.99. The molecular formula is C26H36N4O2S2. The molecule has 0 bridgehead atoms. The van der Waals surface area contributed by atoms with E-state index in [1.807, 2.05) is 11.8 Å². The van der Waals surface area contributed by atoms with Gasteiger partial charge in [0.15, 0.2) is 0 Å². The molecule has 184 valence electrons. The van der Waals surface area contributed by atoms with Crippen molar-refractivity contribution in [2.45, 2.75) is 61.0 Å². The quantitative estimate of drug-likeness (QED) is 0.498. The molecule has 2 aliphatic heterocycles. The maximum atomic E-state index is 12.6. The van der Waals surface area contributed by atoms with Gasteiger partial charge in [-0.3, -0.25) is 0 Å². The average Bonchev–Trinajstić information content (AvgIpc) is 3.67. The predicted molar refractivity (Wildman–Crippen MR) is 144 cm³/mol. The zero-order valence-corrected chi connectivity index (χ0v) is 22.5. The molecule has 0 spiro atoms. The fourth-order valence-corrected chi connectivity index (χ4v) is 7.89. The summed E-state index contributed by atoms with van der Waals surface area (Å²) in [4.78, 5) is 7.04. The summed E-state index contributed by atoms with van der Waals surface area (Å²) in [5.74, 6) is 0.427. The van der Waals surface area contributed by atoms with Crippen LogP contribution in [0.3, 0.4) is 0 Å². The number of piperazine rings is 1. The van der Waals surface area contributed by atoms with E-state index in [2.05, 4.69) is 74.2 Å². The van der Waals surface area contributed by atoms with Crippen LogP contribution in [-0.4, -0.2) is 58.2 Å². The number of rotatable bonds is 6. The largest absolute Gasteiger partial charge is 0.378 e. The van der Waals surface area contributed by atoms with Crippen molar-refractivity contribution in [1.82, 2.24) is 4.31 Å². The number of hydrogen-bond donors (Lipinski definition) is 1. The van der Waals surface area contributed by atoms with Crippen LogP contribution in [-0.2, 0) is 16.4 Å². The SMILES string of the molecule is CCc1cc(N2CCN(S(=O)(=O)C3CC3)CC2)cc2c1Nc1c(cc(N(C)C)cc1C(C)C)S2. The minimum absolute atomic E-state index is 0.125. The first-order chi connectivity index (χ1) is 16.2. The van der Waals surface area contributed by atoms with Gasteiger partial charge >= 0.3 is 0 Å². The summed E-state index contributed by atoms with van der Waals surface area (Å²) in [5.41, 5.74) is 7.53. The second kappa shape index (κ2) is 8.95. The number of hydrogen-bond acceptors (Lipinski definition) is 6. The third-order valence-corrected chi connectivity index (χ3v) is 10.7. The lowest BCUT2D eigenvalue weighted by Crippen LogP contribution is -2.49. The molecule has 8 heteroatoms. The van der Waals surface area contributed by atoms with Crippen molar-refractivity contribution in [3.63, 3.8) is 0 Å². The van der Waals surface area contributed by atoms with Gasteiger partial charge < -0.3 is 15.1 Å². The van der Waals surface area contributed by atoms with E-state index in [1.54, 1.807) is 4.31 Å². The zero-order chi connectivity index (χ0) is 24.2. The Balaban J connectivity index is 1.44. The van der Waals surface area contributed by atoms with Crippen molar-refractivity contribution in [3.8, 4) is 0 Å². The molecule has 0 radical (unpaired) electrons. The van der Waals surface area contributed by atoms with Crippen molar-refractivity contribution in [2.24, 2.45) is 0 Å². The molecule has 2 fully saturated rings. The molecule has 1 aliphatic carbocycles. The lowest BCUT2D eigenvalue weighted by molar-refractivity contribution is 0.384. The van der Waals surface area contributed by atoms with E-state index in [0.29, 0.717) is 19.0 Å². The number of benzene rings is 2. The summed E-state index contributed by atoms with van der Waals surface area (Å²) in [6, 6.07) is 9.17. The normalized spacial score (nSPS) is 18.5. The number of nitrogens with one attached hydrogen (secondary N) is 1. The van der Waals surface area contributed by atoms with Gasteiger partial charge in [0.2, 0.25) is 10.0 Å². The molecule has 5 rings (SSSR count). The Labute approximate surface area is 208 Å². The number of aryl methyl sites for hydroxylation is 1. The van der Waals surface area contributed by atoms with Gasteiger partial charge in [-0.2, -0.15) is 4.31 Å². The van der Waals surface area contributed by atoms with Crippen LogP contribution in [0.15, 0.2) is 34.1 Å². The first-order valence-corrected chi connectivity index (χ1v) is 14.7. The smallest absolute Gasteiger partial charge is 0.217 e. The van der Waals surface area contributed by atoms with Crippen LogP contribution in [0.2, 0.25) is 0 Å². The molecule has 1 saturated heterocycles. The fourth-order valence-electron chi connectivity index (χ4n) is 4.91. The van der Waals surface area contributed by atoms with Crippen LogP contribution in [0.4, 0.5) is 22.7 Å². The van der Waals surface area contributed by atoms with E-state index in [4.69, 9.17) is 0 Å². The summed E-state index contributed by atoms with van der Waals surface area (Å²) >= 11 is 1.85. The van der Waals surface area contributed by atoms with Gasteiger partial charge in [0, 0.05) is 61.4 Å². The van der Waals surface area contributed by atoms with Crippen molar-refractivity contribution < 1.29 is 8.42 Å². The maximum Gasteiger partial charge on any atom is 0.217 e. The molecule has 2 aromatic carbocycles. The van der Waals surface area contributed by atoms with Gasteiger partial charge in [0.25, 0.3) is 0 Å². The van der Waals surface area contributed by atoms with Crippen LogP contribution in [0.1, 0.15) is 50.7 Å². The second-order valence-corrected chi connectivity index (χ2v) is 13.4. The van der Waals surface area contributed by atoms with Crippen molar-refractivity contribution >= 4 is 44.5 Å². The summed E-state index contributed by atoms with van der Waals surface area (Å²) < 4.78 is 27.0. The van der Waals surface area contributed by atoms with E-state index in [0.717, 1.165) is 32.4 Å². The van der Waals surface area contributed by atoms with Crippen LogP contribution >= 0.6 is 11.8 Å². The number of anilines is 4. The molecule has 0 unspecified atom stereocenters. The van der Waals surface area contributed by atoms with E-state index in [9.17, 15) is 8.42 Å². The maximum absolute atomic E-state index is 12.6. The van der Waals surface area contributed by atoms with E-state index in [-0.39, 0.29) is 5.25 Å². The topological polar surface area (TPSA) is 55.9 Å². The van der Waals surface area contributed by atoms with Crippen molar-refractivity contribution in [1.29, 1.82) is 0 Å². The molecule has 1 N–H and O–H groups in total. The van der Waals surface area contributed by atoms with Gasteiger partial charge in [-0.15, -0.1) is 0 Å². The minimum Gasteiger partial charge on any atom is -0.378 e. The second-order valence-electron chi connectivity index (χ2n) is 10.1. The van der Waals surface area contributed by atoms with Crippen molar-refractivity contribution in [3.05, 3.63) is 35.4 Å². The molecule has 3 aliphatic rings. The zero-order valence-electron chi connectivity index (χ0n) is 20.9. The predicted octanol–water partition coefficient (Wildman–Crippen LogP) is 5.26. The highest BCUT2D eigenvalue weighted by Crippen LogP contribution is 2.51. The molecule has 34 heavy (non-hydrogen) atoms. The summed E-state index contributed by atoms with van der Waals surface area (Å²) in [7, 11) is 1.10. The van der Waals surface area contributed by atoms with Crippen LogP contribution in [0.5, 0.6) is 0 Å². The number of nitrogens with zero attached hydrogens (tertiary/aromatic N) is 3. The number of sulfonamides is 1. The Morgan fingerprint density at radius 3 is 2.29 bits per heavy atom. The first kappa shape index (κ1) is 23.8. The van der Waals surface area contributed by atoms with Gasteiger partial charge in [-0.25, -0.2) is 8.42 Å². The van der Waals surface area contributed by atoms with Gasteiger partial charge in [-0.05, 0) is 60.6 Å². The highest BCUT2D eigenvalue weighted by molar-refractivity contribution is 7.99. The summed E-state index contributed by atoms with van der Waals surface area (Å²) in [5, 5.41) is 3.68. The monoisotopic (exact) mass is 500 g/mol. The minimum atomic E-state index is -3.09. The summed E-state index contributed by atoms with van der Waals surface area (Å²) in [6.45, 7) is 9.36. The first-order valence-electron chi connectivity index (χ1n) is 12.4. The molecule has 2 heterocycles. The Morgan fingerprint density at radius 1 is 1.03 bits per heavy atom. The Bertz CT molecular complexity index is 1200. The molecule has 2 aromatic rings. The van der Waals surface area contributed by atoms with Crippen LogP contribution in [0.25, 0.3) is 0 Å². The van der Waals surface area contributed by atoms with E-state index in [1.165, 1.54) is 43.7 Å². The van der Waals surface area contributed by atoms with Gasteiger partial charge in [-0.1, -0.05) is 32.5 Å². The van der Waals surface area contributed by atoms with Crippen LogP contribution in [0, 0.1) is 0 Å². The third-order valence-electron chi connectivity index (χ3n) is 7.18. The Kier molecular flexibility index (Phi) is 6.27. The number of fused-ring (bicyclic) bond motifs is 2. The fraction of sp³-hybridized carbons (Fsp3) is 0.538. The average molecular weight is 501 g/mol. The summed E-state index contributed by atoms with van der Waals surface area (Å²) in [6.07, 6.45) is 2.60. The van der Waals surface area contributed by atoms with Crippen LogP contribution < -0.4 is 15.1 Å². The molecule has 0 amide bonds. The van der Waals surface area contributed by atoms with Crippen molar-refractivity contribution in [2.75, 3.05) is 55.4 Å². The standard InChI is InChI=1S/C26H36N4O2S2/c1-6-18-13-20(29-9-11-30(12-10-29)34(31,32)21-7-8-21)16-23-25(18)27-26-22(17(2)3)14-19(28(4)5)15-24(26)33-23/h13-17,21,27H,6-12H2,1-5H3. The third kappa shape index (κ3) is 4.29. The molecule has 6 nitrogen and oxygen atoms in total. The molecular weight excluding hydrogens is 464 g/mol. The molecule has 0 atom stereocenters. The van der Waals surface area contributed by atoms with Gasteiger partial charge in [0.1, 0.15) is 0 Å². The van der Waals surface area contributed by atoms with E-state index < -0.39 is 10.0 Å². The van der Waals surface area contributed by atoms with Gasteiger partial charge in [0.05, 0.1) is 16.6 Å². The highest BCUT2D eigenvalue weighted by atomic mass is 32.2.